The lowest BCUT2D eigenvalue weighted by molar-refractivity contribution is 0.0959. The normalized spacial score (nSPS) is 16.8. The van der Waals surface area contributed by atoms with Crippen LogP contribution >= 0.6 is 27.5 Å². The van der Waals surface area contributed by atoms with Crippen LogP contribution in [-0.2, 0) is 12.8 Å². The Morgan fingerprint density at radius 1 is 1.12 bits per heavy atom. The van der Waals surface area contributed by atoms with Crippen molar-refractivity contribution in [3.05, 3.63) is 97.2 Å². The van der Waals surface area contributed by atoms with Gasteiger partial charge in [0.2, 0.25) is 0 Å². The SMILES string of the molecule is O=C(Nc1cc(Br)cc2c1C(c1cc(F)ccc1Cl)NC2=O)c1cccc2c1CCCC2. The molecule has 1 atom stereocenters. The van der Waals surface area contributed by atoms with Gasteiger partial charge in [-0.25, -0.2) is 4.39 Å². The maximum absolute atomic E-state index is 14.0. The van der Waals surface area contributed by atoms with Crippen molar-refractivity contribution >= 4 is 45.0 Å². The fourth-order valence-electron chi connectivity index (χ4n) is 4.65. The number of nitrogens with one attached hydrogen (secondary N) is 2. The fraction of sp³-hybridized carbons (Fsp3) is 0.200. The first-order valence-corrected chi connectivity index (χ1v) is 11.6. The standard InChI is InChI=1S/C25H19BrClFN2O2/c26-14-10-19-22(23(30-25(19)32)18-12-15(28)8-9-20(18)27)21(11-14)29-24(31)17-7-3-5-13-4-1-2-6-16(13)17/h3,5,7-12,23H,1-2,4,6H2,(H,29,31)(H,30,32). The molecule has 3 aromatic rings. The topological polar surface area (TPSA) is 58.2 Å². The third-order valence-corrected chi connectivity index (χ3v) is 6.91. The number of benzene rings is 3. The van der Waals surface area contributed by atoms with Gasteiger partial charge in [0, 0.05) is 37.4 Å². The van der Waals surface area contributed by atoms with Gasteiger partial charge in [0.05, 0.1) is 6.04 Å². The van der Waals surface area contributed by atoms with Gasteiger partial charge in [-0.2, -0.15) is 0 Å². The molecule has 1 aliphatic carbocycles. The summed E-state index contributed by atoms with van der Waals surface area (Å²) in [5, 5.41) is 6.21. The molecule has 2 aliphatic rings. The lowest BCUT2D eigenvalue weighted by Crippen LogP contribution is -2.21. The maximum atomic E-state index is 14.0. The molecule has 5 rings (SSSR count). The third kappa shape index (κ3) is 3.71. The highest BCUT2D eigenvalue weighted by Gasteiger charge is 2.35. The van der Waals surface area contributed by atoms with Crippen LogP contribution < -0.4 is 10.6 Å². The van der Waals surface area contributed by atoms with E-state index in [2.05, 4.69) is 32.6 Å². The molecule has 1 unspecified atom stereocenters. The number of carbonyl (C=O) groups is 2. The molecule has 3 aromatic carbocycles. The van der Waals surface area contributed by atoms with Crippen LogP contribution in [0.4, 0.5) is 10.1 Å². The highest BCUT2D eigenvalue weighted by Crippen LogP contribution is 2.41. The molecular weight excluding hydrogens is 495 g/mol. The molecule has 0 spiro atoms. The zero-order valence-electron chi connectivity index (χ0n) is 17.0. The first kappa shape index (κ1) is 21.2. The minimum absolute atomic E-state index is 0.229. The molecule has 0 saturated carbocycles. The second-order valence-electron chi connectivity index (χ2n) is 8.09. The van der Waals surface area contributed by atoms with Gasteiger partial charge in [-0.05, 0) is 73.2 Å². The van der Waals surface area contributed by atoms with Crippen LogP contribution in [0, 0.1) is 5.82 Å². The Morgan fingerprint density at radius 2 is 1.94 bits per heavy atom. The zero-order valence-corrected chi connectivity index (χ0v) is 19.3. The molecule has 2 N–H and O–H groups in total. The number of rotatable bonds is 3. The average Bonchev–Trinajstić information content (AvgIpc) is 3.11. The Kier molecular flexibility index (Phi) is 5.51. The summed E-state index contributed by atoms with van der Waals surface area (Å²) in [6.45, 7) is 0. The van der Waals surface area contributed by atoms with Crippen molar-refractivity contribution in [2.45, 2.75) is 31.7 Å². The van der Waals surface area contributed by atoms with Gasteiger partial charge in [-0.1, -0.05) is 39.7 Å². The molecular formula is C25H19BrClFN2O2. The average molecular weight is 514 g/mol. The van der Waals surface area contributed by atoms with Gasteiger partial charge in [-0.15, -0.1) is 0 Å². The van der Waals surface area contributed by atoms with Crippen LogP contribution in [-0.4, -0.2) is 11.8 Å². The highest BCUT2D eigenvalue weighted by atomic mass is 79.9. The van der Waals surface area contributed by atoms with E-state index in [4.69, 9.17) is 11.6 Å². The number of aryl methyl sites for hydroxylation is 1. The number of fused-ring (bicyclic) bond motifs is 2. The number of anilines is 1. The lowest BCUT2D eigenvalue weighted by atomic mass is 9.88. The largest absolute Gasteiger partial charge is 0.341 e. The number of hydrogen-bond acceptors (Lipinski definition) is 2. The van der Waals surface area contributed by atoms with Gasteiger partial charge < -0.3 is 10.6 Å². The van der Waals surface area contributed by atoms with Crippen LogP contribution in [0.25, 0.3) is 0 Å². The molecule has 1 aliphatic heterocycles. The van der Waals surface area contributed by atoms with Crippen molar-refractivity contribution in [3.63, 3.8) is 0 Å². The Morgan fingerprint density at radius 3 is 2.78 bits per heavy atom. The van der Waals surface area contributed by atoms with E-state index in [0.717, 1.165) is 31.2 Å². The maximum Gasteiger partial charge on any atom is 0.255 e. The summed E-state index contributed by atoms with van der Waals surface area (Å²) in [7, 11) is 0. The van der Waals surface area contributed by atoms with Crippen LogP contribution in [0.2, 0.25) is 5.02 Å². The first-order valence-electron chi connectivity index (χ1n) is 10.4. The number of halogens is 3. The Balaban J connectivity index is 1.58. The molecule has 0 saturated heterocycles. The molecule has 162 valence electrons. The molecule has 4 nitrogen and oxygen atoms in total. The van der Waals surface area contributed by atoms with Crippen molar-refractivity contribution in [1.82, 2.24) is 5.32 Å². The summed E-state index contributed by atoms with van der Waals surface area (Å²) in [6.07, 6.45) is 4.03. The summed E-state index contributed by atoms with van der Waals surface area (Å²) >= 11 is 9.77. The summed E-state index contributed by atoms with van der Waals surface area (Å²) in [6, 6.07) is 12.6. The number of carbonyl (C=O) groups excluding carboxylic acids is 2. The van der Waals surface area contributed by atoms with E-state index in [0.29, 0.717) is 37.4 Å². The van der Waals surface area contributed by atoms with E-state index < -0.39 is 11.9 Å². The van der Waals surface area contributed by atoms with E-state index >= 15 is 0 Å². The molecule has 2 amide bonds. The van der Waals surface area contributed by atoms with Crippen LogP contribution in [0.15, 0.2) is 53.0 Å². The van der Waals surface area contributed by atoms with Crippen molar-refractivity contribution in [2.24, 2.45) is 0 Å². The second kappa shape index (κ2) is 8.34. The summed E-state index contributed by atoms with van der Waals surface area (Å²) < 4.78 is 14.6. The van der Waals surface area contributed by atoms with E-state index in [-0.39, 0.29) is 11.8 Å². The van der Waals surface area contributed by atoms with Crippen LogP contribution in [0.3, 0.4) is 0 Å². The van der Waals surface area contributed by atoms with Gasteiger partial charge in [0.1, 0.15) is 5.82 Å². The zero-order chi connectivity index (χ0) is 22.4. The minimum atomic E-state index is -0.672. The van der Waals surface area contributed by atoms with Crippen molar-refractivity contribution in [2.75, 3.05) is 5.32 Å². The Hall–Kier alpha value is -2.70. The Bertz CT molecular complexity index is 1280. The second-order valence-corrected chi connectivity index (χ2v) is 9.41. The monoisotopic (exact) mass is 512 g/mol. The van der Waals surface area contributed by atoms with Gasteiger partial charge in [0.15, 0.2) is 0 Å². The van der Waals surface area contributed by atoms with E-state index in [1.54, 1.807) is 12.1 Å². The van der Waals surface area contributed by atoms with Gasteiger partial charge in [-0.3, -0.25) is 9.59 Å². The minimum Gasteiger partial charge on any atom is -0.341 e. The van der Waals surface area contributed by atoms with Crippen molar-refractivity contribution in [1.29, 1.82) is 0 Å². The third-order valence-electron chi connectivity index (χ3n) is 6.11. The van der Waals surface area contributed by atoms with E-state index in [1.165, 1.54) is 23.8 Å². The fourth-order valence-corrected chi connectivity index (χ4v) is 5.34. The quantitative estimate of drug-likeness (QED) is 0.438. The number of hydrogen-bond donors (Lipinski definition) is 2. The smallest absolute Gasteiger partial charge is 0.255 e. The lowest BCUT2D eigenvalue weighted by Gasteiger charge is -2.21. The van der Waals surface area contributed by atoms with Gasteiger partial charge >= 0.3 is 0 Å². The summed E-state index contributed by atoms with van der Waals surface area (Å²) in [5.41, 5.74) is 4.85. The molecule has 0 radical (unpaired) electrons. The first-order chi connectivity index (χ1) is 15.4. The molecule has 0 bridgehead atoms. The van der Waals surface area contributed by atoms with Crippen molar-refractivity contribution < 1.29 is 14.0 Å². The highest BCUT2D eigenvalue weighted by molar-refractivity contribution is 9.10. The predicted octanol–water partition coefficient (Wildman–Crippen LogP) is 6.21. The predicted molar refractivity (Wildman–Crippen MR) is 126 cm³/mol. The van der Waals surface area contributed by atoms with E-state index in [1.807, 2.05) is 12.1 Å². The van der Waals surface area contributed by atoms with Crippen LogP contribution in [0.1, 0.15) is 61.9 Å². The van der Waals surface area contributed by atoms with Crippen LogP contribution in [0.5, 0.6) is 0 Å². The molecule has 0 aromatic heterocycles. The Labute approximate surface area is 198 Å². The molecule has 7 heteroatoms. The summed E-state index contributed by atoms with van der Waals surface area (Å²) in [4.78, 5) is 26.0. The van der Waals surface area contributed by atoms with E-state index in [9.17, 15) is 14.0 Å². The van der Waals surface area contributed by atoms with Crippen molar-refractivity contribution in [3.8, 4) is 0 Å². The summed E-state index contributed by atoms with van der Waals surface area (Å²) in [5.74, 6) is -0.989. The molecule has 0 fully saturated rings. The molecule has 32 heavy (non-hydrogen) atoms. The number of amides is 2. The molecule has 1 heterocycles. The van der Waals surface area contributed by atoms with Gasteiger partial charge in [0.25, 0.3) is 11.8 Å².